The van der Waals surface area contributed by atoms with Crippen LogP contribution < -0.4 is 4.90 Å². The highest BCUT2D eigenvalue weighted by atomic mass is 28.4. The molecule has 1 unspecified atom stereocenters. The maximum atomic E-state index is 6.58. The van der Waals surface area contributed by atoms with Crippen LogP contribution in [0.2, 0.25) is 18.1 Å². The molecule has 0 spiro atoms. The van der Waals surface area contributed by atoms with Crippen molar-refractivity contribution in [1.82, 2.24) is 4.98 Å². The van der Waals surface area contributed by atoms with Gasteiger partial charge in [0.2, 0.25) is 0 Å². The molecule has 0 saturated carbocycles. The normalized spacial score (nSPS) is 20.0. The van der Waals surface area contributed by atoms with E-state index in [1.165, 1.54) is 16.6 Å². The lowest BCUT2D eigenvalue weighted by Crippen LogP contribution is -2.44. The second kappa shape index (κ2) is 5.43. The van der Waals surface area contributed by atoms with Gasteiger partial charge in [-0.25, -0.2) is 0 Å². The molecule has 1 saturated heterocycles. The molecule has 0 radical (unpaired) electrons. The fourth-order valence-electron chi connectivity index (χ4n) is 2.88. The number of nitrogens with one attached hydrogen (secondary N) is 1. The van der Waals surface area contributed by atoms with Gasteiger partial charge in [-0.2, -0.15) is 0 Å². The highest BCUT2D eigenvalue weighted by molar-refractivity contribution is 6.74. The first-order chi connectivity index (χ1) is 10.3. The zero-order valence-corrected chi connectivity index (χ0v) is 15.4. The molecular formula is C18H28N2OSi-. The summed E-state index contributed by atoms with van der Waals surface area (Å²) in [7, 11) is -1.67. The number of rotatable bonds is 3. The van der Waals surface area contributed by atoms with Crippen LogP contribution in [-0.2, 0) is 4.43 Å². The maximum absolute atomic E-state index is 6.58. The number of anilines is 1. The lowest BCUT2D eigenvalue weighted by molar-refractivity contribution is 0.202. The van der Waals surface area contributed by atoms with E-state index in [9.17, 15) is 0 Å². The fraction of sp³-hybridized carbons (Fsp3) is 0.556. The van der Waals surface area contributed by atoms with Crippen LogP contribution in [0.3, 0.4) is 0 Å². The molecule has 3 nitrogen and oxygen atoms in total. The number of aromatic nitrogens is 1. The molecule has 121 valence electrons. The molecule has 1 aromatic carbocycles. The molecule has 1 aliphatic rings. The number of hydrogen-bond donors (Lipinski definition) is 1. The number of fused-ring (bicyclic) bond motifs is 1. The summed E-state index contributed by atoms with van der Waals surface area (Å²) in [5, 5.41) is 1.56. The van der Waals surface area contributed by atoms with Gasteiger partial charge in [-0.1, -0.05) is 26.8 Å². The summed E-state index contributed by atoms with van der Waals surface area (Å²) in [6.45, 7) is 13.7. The molecule has 1 aromatic heterocycles. The second-order valence-electron chi connectivity index (χ2n) is 7.98. The third-order valence-electron chi connectivity index (χ3n) is 5.32. The van der Waals surface area contributed by atoms with Crippen LogP contribution >= 0.6 is 0 Å². The molecule has 2 aromatic rings. The van der Waals surface area contributed by atoms with Crippen LogP contribution in [0.15, 0.2) is 30.5 Å². The molecule has 4 heteroatoms. The van der Waals surface area contributed by atoms with Gasteiger partial charge in [0, 0.05) is 36.6 Å². The van der Waals surface area contributed by atoms with Crippen molar-refractivity contribution in [2.24, 2.45) is 0 Å². The lowest BCUT2D eigenvalue weighted by Gasteiger charge is -2.50. The Balaban J connectivity index is 1.69. The van der Waals surface area contributed by atoms with E-state index < -0.39 is 8.32 Å². The van der Waals surface area contributed by atoms with E-state index in [0.29, 0.717) is 6.10 Å². The maximum Gasteiger partial charge on any atom is 0.0474 e. The average molecular weight is 317 g/mol. The average Bonchev–Trinajstić information content (AvgIpc) is 3.04. The van der Waals surface area contributed by atoms with E-state index in [1.807, 2.05) is 6.20 Å². The largest absolute Gasteiger partial charge is 0.561 e. The third-order valence-corrected chi connectivity index (χ3v) is 9.85. The van der Waals surface area contributed by atoms with Gasteiger partial charge in [-0.05, 0) is 38.3 Å². The smallest absolute Gasteiger partial charge is 0.0474 e. The Morgan fingerprint density at radius 1 is 1.23 bits per heavy atom. The molecule has 1 atom stereocenters. The molecule has 2 heterocycles. The van der Waals surface area contributed by atoms with E-state index >= 15 is 0 Å². The number of H-pyrrole nitrogens is 1. The van der Waals surface area contributed by atoms with Crippen LogP contribution in [0, 0.1) is 0 Å². The van der Waals surface area contributed by atoms with E-state index in [-0.39, 0.29) is 5.04 Å². The molecule has 0 aliphatic carbocycles. The summed E-state index contributed by atoms with van der Waals surface area (Å²) in [5.41, 5.74) is 2.52. The summed E-state index contributed by atoms with van der Waals surface area (Å²) in [5.74, 6) is 0. The minimum Gasteiger partial charge on any atom is -0.561 e. The Hall–Kier alpha value is -1.26. The van der Waals surface area contributed by atoms with E-state index in [2.05, 4.69) is 68.0 Å². The van der Waals surface area contributed by atoms with Gasteiger partial charge in [0.15, 0.2) is 0 Å². The quantitative estimate of drug-likeness (QED) is 0.826. The second-order valence-corrected chi connectivity index (χ2v) is 12.7. The van der Waals surface area contributed by atoms with E-state index in [0.717, 1.165) is 19.5 Å². The summed E-state index contributed by atoms with van der Waals surface area (Å²) in [6.07, 6.45) is 3.51. The molecule has 1 fully saturated rings. The summed E-state index contributed by atoms with van der Waals surface area (Å²) >= 11 is 0. The van der Waals surface area contributed by atoms with Gasteiger partial charge in [0.25, 0.3) is 0 Å². The fourth-order valence-corrected chi connectivity index (χ4v) is 4.26. The molecule has 1 aliphatic heterocycles. The van der Waals surface area contributed by atoms with Crippen molar-refractivity contribution in [3.8, 4) is 0 Å². The molecule has 22 heavy (non-hydrogen) atoms. The Labute approximate surface area is 134 Å². The standard InChI is InChI=1S/C18H28N2OSi/c1-18(2,3)22(4,5)21-16-9-11-20(13-16)15-7-6-14-8-10-19-17(14)12-15/h6-8,10,12,16,19H,9,11,13H2,1-5H3/q-1. The van der Waals surface area contributed by atoms with Crippen molar-refractivity contribution in [1.29, 1.82) is 0 Å². The van der Waals surface area contributed by atoms with Crippen molar-refractivity contribution in [3.05, 3.63) is 30.5 Å². The molecule has 3 rings (SSSR count). The van der Waals surface area contributed by atoms with Crippen molar-refractivity contribution < 1.29 is 4.43 Å². The Bertz CT molecular complexity index is 656. The van der Waals surface area contributed by atoms with Crippen LogP contribution in [0.5, 0.6) is 0 Å². The minimum absolute atomic E-state index is 0.281. The highest BCUT2D eigenvalue weighted by Gasteiger charge is 2.30. The van der Waals surface area contributed by atoms with Gasteiger partial charge in [0.05, 0.1) is 0 Å². The van der Waals surface area contributed by atoms with Gasteiger partial charge in [0.1, 0.15) is 0 Å². The van der Waals surface area contributed by atoms with Crippen LogP contribution in [-0.4, -0.2) is 32.5 Å². The summed E-state index contributed by atoms with van der Waals surface area (Å²) < 4.78 is 6.58. The Morgan fingerprint density at radius 3 is 2.73 bits per heavy atom. The first-order valence-corrected chi connectivity index (χ1v) is 11.2. The molecule has 1 N–H and O–H groups in total. The Kier molecular flexibility index (Phi) is 3.85. The predicted octanol–water partition coefficient (Wildman–Crippen LogP) is 4.77. The number of hydrogen-bond acceptors (Lipinski definition) is 2. The SMILES string of the molecule is CC(C)(C)[Si-](C)(C)OC1CCN(c2ccc3cc[nH]c3c2)C1. The van der Waals surface area contributed by atoms with Gasteiger partial charge in [-0.15, -0.1) is 18.1 Å². The highest BCUT2D eigenvalue weighted by Crippen LogP contribution is 2.38. The number of aromatic amines is 1. The summed E-state index contributed by atoms with van der Waals surface area (Å²) in [6, 6.07) is 8.80. The van der Waals surface area contributed by atoms with Gasteiger partial charge in [-0.3, -0.25) is 0 Å². The summed E-state index contributed by atoms with van der Waals surface area (Å²) in [4.78, 5) is 5.76. The predicted molar refractivity (Wildman–Crippen MR) is 97.2 cm³/mol. The van der Waals surface area contributed by atoms with Crippen LogP contribution in [0.25, 0.3) is 10.9 Å². The lowest BCUT2D eigenvalue weighted by atomic mass is 10.2. The third kappa shape index (κ3) is 2.95. The molecule has 0 amide bonds. The van der Waals surface area contributed by atoms with Crippen molar-refractivity contribution in [2.75, 3.05) is 18.0 Å². The monoisotopic (exact) mass is 316 g/mol. The van der Waals surface area contributed by atoms with Crippen molar-refractivity contribution in [3.63, 3.8) is 0 Å². The first kappa shape index (κ1) is 15.6. The molecular weight excluding hydrogens is 288 g/mol. The van der Waals surface area contributed by atoms with Crippen LogP contribution in [0.4, 0.5) is 5.69 Å². The van der Waals surface area contributed by atoms with E-state index in [1.54, 1.807) is 0 Å². The van der Waals surface area contributed by atoms with Crippen molar-refractivity contribution >= 4 is 24.9 Å². The molecule has 0 bridgehead atoms. The van der Waals surface area contributed by atoms with Gasteiger partial charge < -0.3 is 14.3 Å². The zero-order chi connectivity index (χ0) is 16.0. The van der Waals surface area contributed by atoms with E-state index in [4.69, 9.17) is 4.43 Å². The van der Waals surface area contributed by atoms with Gasteiger partial charge >= 0.3 is 0 Å². The van der Waals surface area contributed by atoms with Crippen LogP contribution in [0.1, 0.15) is 27.2 Å². The zero-order valence-electron chi connectivity index (χ0n) is 14.4. The number of benzene rings is 1. The Morgan fingerprint density at radius 2 is 2.00 bits per heavy atom. The minimum atomic E-state index is -1.67. The number of nitrogens with zero attached hydrogens (tertiary/aromatic N) is 1. The first-order valence-electron chi connectivity index (χ1n) is 8.26. The van der Waals surface area contributed by atoms with Crippen molar-refractivity contribution in [2.45, 2.75) is 51.4 Å². The topological polar surface area (TPSA) is 28.3 Å².